The number of nitrogens with zero attached hydrogens (tertiary/aromatic N) is 2. The lowest BCUT2D eigenvalue weighted by Gasteiger charge is -2.23. The van der Waals surface area contributed by atoms with Crippen molar-refractivity contribution in [2.24, 2.45) is 5.73 Å². The number of carbonyl (C=O) groups is 2. The molecule has 0 saturated heterocycles. The molecule has 2 amide bonds. The highest BCUT2D eigenvalue weighted by molar-refractivity contribution is 5.94. The summed E-state index contributed by atoms with van der Waals surface area (Å²) < 4.78 is 20.2. The van der Waals surface area contributed by atoms with E-state index in [9.17, 15) is 14.0 Å². The van der Waals surface area contributed by atoms with E-state index < -0.39 is 5.91 Å². The van der Waals surface area contributed by atoms with E-state index in [2.05, 4.69) is 10.3 Å². The van der Waals surface area contributed by atoms with Crippen LogP contribution < -0.4 is 15.8 Å². The summed E-state index contributed by atoms with van der Waals surface area (Å²) in [5, 5.41) is 2.86. The van der Waals surface area contributed by atoms with E-state index in [0.717, 1.165) is 11.3 Å². The maximum absolute atomic E-state index is 13.2. The maximum atomic E-state index is 13.2. The van der Waals surface area contributed by atoms with Gasteiger partial charge in [-0.1, -0.05) is 12.1 Å². The lowest BCUT2D eigenvalue weighted by Crippen LogP contribution is -2.25. The first-order chi connectivity index (χ1) is 13.5. The number of primary amides is 1. The van der Waals surface area contributed by atoms with Crippen LogP contribution in [-0.4, -0.2) is 28.0 Å². The van der Waals surface area contributed by atoms with Crippen LogP contribution in [0.15, 0.2) is 54.9 Å². The Kier molecular flexibility index (Phi) is 4.52. The molecule has 3 aromatic rings. The van der Waals surface area contributed by atoms with Gasteiger partial charge in [0.05, 0.1) is 5.69 Å². The number of carbonyl (C=O) groups excluding carboxylic acids is 2. The zero-order valence-corrected chi connectivity index (χ0v) is 14.8. The van der Waals surface area contributed by atoms with E-state index in [1.807, 2.05) is 12.1 Å². The average Bonchev–Trinajstić information content (AvgIpc) is 3.10. The summed E-state index contributed by atoms with van der Waals surface area (Å²) in [5.41, 5.74) is 7.40. The van der Waals surface area contributed by atoms with E-state index >= 15 is 0 Å². The number of ether oxygens (including phenoxy) is 1. The van der Waals surface area contributed by atoms with Gasteiger partial charge in [0.25, 0.3) is 5.91 Å². The van der Waals surface area contributed by atoms with E-state index in [4.69, 9.17) is 10.5 Å². The number of nitrogens with one attached hydrogen (secondary N) is 1. The van der Waals surface area contributed by atoms with Gasteiger partial charge in [-0.3, -0.25) is 14.2 Å². The summed E-state index contributed by atoms with van der Waals surface area (Å²) in [6.07, 6.45) is 1.87. The number of imidazole rings is 1. The standard InChI is InChI=1S/C20H17FN4O3/c21-13-3-5-14(6-4-13)25-11-23-19-16(9-18(27)24-20(19)25)12-1-7-15(8-2-12)28-10-17(22)26/h1-8,11,16H,9-10H2,(H2,22,26)(H,24,27). The molecule has 0 aliphatic carbocycles. The predicted molar refractivity (Wildman–Crippen MR) is 99.7 cm³/mol. The van der Waals surface area contributed by atoms with Crippen molar-refractivity contribution in [3.8, 4) is 11.4 Å². The monoisotopic (exact) mass is 380 g/mol. The molecule has 7 nitrogen and oxygen atoms in total. The van der Waals surface area contributed by atoms with Gasteiger partial charge in [-0.05, 0) is 42.0 Å². The second-order valence-electron chi connectivity index (χ2n) is 6.45. The minimum atomic E-state index is -0.552. The van der Waals surface area contributed by atoms with Crippen molar-refractivity contribution in [2.75, 3.05) is 11.9 Å². The third-order valence-corrected chi connectivity index (χ3v) is 4.54. The molecule has 1 aliphatic rings. The van der Waals surface area contributed by atoms with Crippen LogP contribution in [0.25, 0.3) is 5.69 Å². The van der Waals surface area contributed by atoms with Gasteiger partial charge < -0.3 is 15.8 Å². The van der Waals surface area contributed by atoms with Crippen LogP contribution in [0, 0.1) is 5.82 Å². The molecular weight excluding hydrogens is 363 g/mol. The molecule has 0 radical (unpaired) electrons. The second-order valence-corrected chi connectivity index (χ2v) is 6.45. The van der Waals surface area contributed by atoms with Gasteiger partial charge in [-0.2, -0.15) is 0 Å². The van der Waals surface area contributed by atoms with E-state index in [0.29, 0.717) is 17.3 Å². The number of nitrogens with two attached hydrogens (primary N) is 1. The molecule has 2 heterocycles. The normalized spacial score (nSPS) is 15.6. The second kappa shape index (κ2) is 7.15. The molecule has 0 spiro atoms. The summed E-state index contributed by atoms with van der Waals surface area (Å²) in [5.74, 6) is -0.157. The first kappa shape index (κ1) is 17.7. The van der Waals surface area contributed by atoms with Gasteiger partial charge >= 0.3 is 0 Å². The number of halogens is 1. The Morgan fingerprint density at radius 1 is 1.21 bits per heavy atom. The first-order valence-corrected chi connectivity index (χ1v) is 8.65. The van der Waals surface area contributed by atoms with Crippen molar-refractivity contribution in [2.45, 2.75) is 12.3 Å². The molecule has 1 aromatic heterocycles. The molecule has 1 unspecified atom stereocenters. The number of hydrogen-bond donors (Lipinski definition) is 2. The fourth-order valence-corrected chi connectivity index (χ4v) is 3.23. The topological polar surface area (TPSA) is 99.2 Å². The lowest BCUT2D eigenvalue weighted by atomic mass is 9.90. The molecule has 0 saturated carbocycles. The summed E-state index contributed by atoms with van der Waals surface area (Å²) >= 11 is 0. The molecule has 0 bridgehead atoms. The molecule has 1 aliphatic heterocycles. The average molecular weight is 380 g/mol. The van der Waals surface area contributed by atoms with Crippen molar-refractivity contribution >= 4 is 17.6 Å². The summed E-state index contributed by atoms with van der Waals surface area (Å²) in [6.45, 7) is -0.197. The zero-order chi connectivity index (χ0) is 19.7. The molecule has 2 aromatic carbocycles. The number of hydrogen-bond acceptors (Lipinski definition) is 4. The molecule has 8 heteroatoms. The summed E-state index contributed by atoms with van der Waals surface area (Å²) in [4.78, 5) is 27.6. The highest BCUT2D eigenvalue weighted by atomic mass is 19.1. The molecule has 4 rings (SSSR count). The Morgan fingerprint density at radius 2 is 1.93 bits per heavy atom. The van der Waals surface area contributed by atoms with Gasteiger partial charge in [0.1, 0.15) is 23.7 Å². The Morgan fingerprint density at radius 3 is 2.61 bits per heavy atom. The van der Waals surface area contributed by atoms with Crippen LogP contribution in [0.1, 0.15) is 23.6 Å². The molecule has 28 heavy (non-hydrogen) atoms. The number of amides is 2. The molecule has 1 atom stereocenters. The number of anilines is 1. The SMILES string of the molecule is NC(=O)COc1ccc(C2CC(=O)Nc3c2ncn3-c2ccc(F)cc2)cc1. The van der Waals surface area contributed by atoms with E-state index in [1.165, 1.54) is 12.1 Å². The number of benzene rings is 2. The molecule has 3 N–H and O–H groups in total. The zero-order valence-electron chi connectivity index (χ0n) is 14.8. The van der Waals surface area contributed by atoms with Crippen LogP contribution >= 0.6 is 0 Å². The minimum absolute atomic E-state index is 0.129. The van der Waals surface area contributed by atoms with Gasteiger partial charge in [0.15, 0.2) is 6.61 Å². The van der Waals surface area contributed by atoms with Crippen LogP contribution in [-0.2, 0) is 9.59 Å². The van der Waals surface area contributed by atoms with E-state index in [-0.39, 0.29) is 30.7 Å². The largest absolute Gasteiger partial charge is 0.484 e. The summed E-state index contributed by atoms with van der Waals surface area (Å²) in [6, 6.07) is 13.1. The Labute approximate surface area is 159 Å². The van der Waals surface area contributed by atoms with Crippen molar-refractivity contribution in [1.82, 2.24) is 9.55 Å². The van der Waals surface area contributed by atoms with Gasteiger partial charge in [0, 0.05) is 18.0 Å². The quantitative estimate of drug-likeness (QED) is 0.710. The van der Waals surface area contributed by atoms with Crippen LogP contribution in [0.2, 0.25) is 0 Å². The predicted octanol–water partition coefficient (Wildman–Crippen LogP) is 2.35. The molecular formula is C20H17FN4O3. The van der Waals surface area contributed by atoms with Gasteiger partial charge in [-0.15, -0.1) is 0 Å². The fourth-order valence-electron chi connectivity index (χ4n) is 3.23. The molecule has 0 fully saturated rings. The third kappa shape index (κ3) is 3.44. The number of aromatic nitrogens is 2. The Bertz CT molecular complexity index is 1030. The number of rotatable bonds is 5. The van der Waals surface area contributed by atoms with Crippen molar-refractivity contribution in [3.05, 3.63) is 71.9 Å². The van der Waals surface area contributed by atoms with Crippen molar-refractivity contribution < 1.29 is 18.7 Å². The van der Waals surface area contributed by atoms with Gasteiger partial charge in [-0.25, -0.2) is 9.37 Å². The van der Waals surface area contributed by atoms with Crippen LogP contribution in [0.3, 0.4) is 0 Å². The Hall–Kier alpha value is -3.68. The number of fused-ring (bicyclic) bond motifs is 1. The van der Waals surface area contributed by atoms with E-state index in [1.54, 1.807) is 35.2 Å². The minimum Gasteiger partial charge on any atom is -0.484 e. The Balaban J connectivity index is 1.65. The third-order valence-electron chi connectivity index (χ3n) is 4.54. The lowest BCUT2D eigenvalue weighted by molar-refractivity contribution is -0.120. The highest BCUT2D eigenvalue weighted by Gasteiger charge is 2.31. The molecule has 142 valence electrons. The van der Waals surface area contributed by atoms with Crippen molar-refractivity contribution in [1.29, 1.82) is 0 Å². The van der Waals surface area contributed by atoms with Gasteiger partial charge in [0.2, 0.25) is 5.91 Å². The van der Waals surface area contributed by atoms with Crippen molar-refractivity contribution in [3.63, 3.8) is 0 Å². The van der Waals surface area contributed by atoms with Crippen LogP contribution in [0.4, 0.5) is 10.2 Å². The highest BCUT2D eigenvalue weighted by Crippen LogP contribution is 2.37. The van der Waals surface area contributed by atoms with Crippen LogP contribution in [0.5, 0.6) is 5.75 Å². The maximum Gasteiger partial charge on any atom is 0.255 e. The first-order valence-electron chi connectivity index (χ1n) is 8.65. The smallest absolute Gasteiger partial charge is 0.255 e. The summed E-state index contributed by atoms with van der Waals surface area (Å²) in [7, 11) is 0. The fraction of sp³-hybridized carbons (Fsp3) is 0.150.